The van der Waals surface area contributed by atoms with Gasteiger partial charge in [0.1, 0.15) is 0 Å². The topological polar surface area (TPSA) is 106 Å². The van der Waals surface area contributed by atoms with Gasteiger partial charge in [-0.05, 0) is 49.1 Å². The molecule has 176 valence electrons. The molecule has 4 rings (SSSR count). The summed E-state index contributed by atoms with van der Waals surface area (Å²) in [5.74, 6) is -0.444. The second-order valence-electron chi connectivity index (χ2n) is 8.00. The predicted molar refractivity (Wildman–Crippen MR) is 136 cm³/mol. The molecule has 0 fully saturated rings. The number of nitrogens with one attached hydrogen (secondary N) is 2. The molecule has 0 radical (unpaired) electrons. The Balaban J connectivity index is 1.61. The lowest BCUT2D eigenvalue weighted by atomic mass is 10.1. The van der Waals surface area contributed by atoms with E-state index in [1.165, 1.54) is 6.08 Å². The zero-order chi connectivity index (χ0) is 24.3. The first-order chi connectivity index (χ1) is 16.3. The summed E-state index contributed by atoms with van der Waals surface area (Å²) in [5.41, 5.74) is 3.00. The van der Waals surface area contributed by atoms with Crippen LogP contribution in [-0.2, 0) is 15.8 Å². The van der Waals surface area contributed by atoms with E-state index in [9.17, 15) is 13.2 Å². The standard InChI is InChI=1S/C24H25N5O3S2/c1-4-11-26-34(31,32)15-17-7-9-18(10-8-17)27-24(30)19-13-21(22-6-5-12-33-22)28-23-20(19)14-25-29(23)16(2)3/h4-10,12-14,16,26H,1,11,15H2,2-3H3,(H,27,30). The Hall–Kier alpha value is -3.34. The highest BCUT2D eigenvalue weighted by molar-refractivity contribution is 7.88. The van der Waals surface area contributed by atoms with E-state index >= 15 is 0 Å². The molecule has 3 aromatic heterocycles. The van der Waals surface area contributed by atoms with Crippen molar-refractivity contribution in [3.63, 3.8) is 0 Å². The first-order valence-electron chi connectivity index (χ1n) is 10.7. The van der Waals surface area contributed by atoms with Gasteiger partial charge < -0.3 is 5.32 Å². The Bertz CT molecular complexity index is 1420. The van der Waals surface area contributed by atoms with Crippen LogP contribution >= 0.6 is 11.3 Å². The minimum Gasteiger partial charge on any atom is -0.322 e. The van der Waals surface area contributed by atoms with E-state index in [0.717, 1.165) is 4.88 Å². The number of pyridine rings is 1. The number of anilines is 1. The summed E-state index contributed by atoms with van der Waals surface area (Å²) >= 11 is 1.55. The van der Waals surface area contributed by atoms with Crippen LogP contribution in [0.5, 0.6) is 0 Å². The molecule has 3 heterocycles. The van der Waals surface area contributed by atoms with Crippen molar-refractivity contribution >= 4 is 44.0 Å². The molecule has 0 spiro atoms. The largest absolute Gasteiger partial charge is 0.322 e. The van der Waals surface area contributed by atoms with Gasteiger partial charge in [-0.2, -0.15) is 5.10 Å². The smallest absolute Gasteiger partial charge is 0.256 e. The molecule has 2 N–H and O–H groups in total. The summed E-state index contributed by atoms with van der Waals surface area (Å²) < 4.78 is 28.4. The molecule has 0 atom stereocenters. The number of fused-ring (bicyclic) bond motifs is 1. The summed E-state index contributed by atoms with van der Waals surface area (Å²) in [5, 5.41) is 9.99. The van der Waals surface area contributed by atoms with Gasteiger partial charge in [0.2, 0.25) is 10.0 Å². The number of sulfonamides is 1. The van der Waals surface area contributed by atoms with Crippen molar-refractivity contribution in [1.29, 1.82) is 0 Å². The molecule has 0 bridgehead atoms. The van der Waals surface area contributed by atoms with E-state index in [0.29, 0.717) is 33.5 Å². The van der Waals surface area contributed by atoms with Gasteiger partial charge in [-0.3, -0.25) is 4.79 Å². The molecule has 8 nitrogen and oxygen atoms in total. The number of carbonyl (C=O) groups is 1. The van der Waals surface area contributed by atoms with E-state index in [4.69, 9.17) is 4.98 Å². The van der Waals surface area contributed by atoms with Crippen molar-refractivity contribution in [3.8, 4) is 10.6 Å². The van der Waals surface area contributed by atoms with E-state index < -0.39 is 10.0 Å². The zero-order valence-corrected chi connectivity index (χ0v) is 20.5. The fourth-order valence-electron chi connectivity index (χ4n) is 3.47. The van der Waals surface area contributed by atoms with Crippen LogP contribution in [0.2, 0.25) is 0 Å². The molecule has 10 heteroatoms. The lowest BCUT2D eigenvalue weighted by molar-refractivity contribution is 0.102. The molecule has 0 saturated heterocycles. The van der Waals surface area contributed by atoms with Gasteiger partial charge in [-0.1, -0.05) is 24.3 Å². The number of benzene rings is 1. The van der Waals surface area contributed by atoms with Crippen molar-refractivity contribution in [2.24, 2.45) is 0 Å². The zero-order valence-electron chi connectivity index (χ0n) is 18.9. The first kappa shape index (κ1) is 23.8. The Morgan fingerprint density at radius 2 is 2.00 bits per heavy atom. The summed E-state index contributed by atoms with van der Waals surface area (Å²) in [4.78, 5) is 19.0. The normalized spacial score (nSPS) is 11.7. The number of thiophene rings is 1. The maximum absolute atomic E-state index is 13.3. The van der Waals surface area contributed by atoms with Gasteiger partial charge in [0.25, 0.3) is 5.91 Å². The maximum Gasteiger partial charge on any atom is 0.256 e. The Labute approximate surface area is 202 Å². The van der Waals surface area contributed by atoms with E-state index in [1.54, 1.807) is 52.5 Å². The van der Waals surface area contributed by atoms with Gasteiger partial charge in [-0.25, -0.2) is 22.8 Å². The first-order valence-corrected chi connectivity index (χ1v) is 13.2. The molecular formula is C24H25N5O3S2. The number of nitrogens with zero attached hydrogens (tertiary/aromatic N) is 3. The highest BCUT2D eigenvalue weighted by atomic mass is 32.2. The average Bonchev–Trinajstić information content (AvgIpc) is 3.48. The summed E-state index contributed by atoms with van der Waals surface area (Å²) in [6.07, 6.45) is 3.15. The van der Waals surface area contributed by atoms with Crippen molar-refractivity contribution in [2.45, 2.75) is 25.6 Å². The molecular weight excluding hydrogens is 470 g/mol. The fraction of sp³-hybridized carbons (Fsp3) is 0.208. The van der Waals surface area contributed by atoms with Crippen LogP contribution in [0, 0.1) is 0 Å². The lowest BCUT2D eigenvalue weighted by Gasteiger charge is -2.11. The number of rotatable bonds is 9. The highest BCUT2D eigenvalue weighted by Gasteiger charge is 2.19. The van der Waals surface area contributed by atoms with E-state index in [2.05, 4.69) is 21.7 Å². The second kappa shape index (κ2) is 9.88. The number of hydrogen-bond acceptors (Lipinski definition) is 6. The molecule has 1 amide bonds. The predicted octanol–water partition coefficient (Wildman–Crippen LogP) is 4.60. The van der Waals surface area contributed by atoms with Crippen LogP contribution < -0.4 is 10.0 Å². The van der Waals surface area contributed by atoms with Crippen molar-refractivity contribution < 1.29 is 13.2 Å². The summed E-state index contributed by atoms with van der Waals surface area (Å²) in [7, 11) is -3.45. The van der Waals surface area contributed by atoms with Gasteiger partial charge in [0.15, 0.2) is 5.65 Å². The molecule has 4 aromatic rings. The van der Waals surface area contributed by atoms with E-state index in [-0.39, 0.29) is 24.2 Å². The lowest BCUT2D eigenvalue weighted by Crippen LogP contribution is -2.25. The van der Waals surface area contributed by atoms with Crippen LogP contribution in [0.15, 0.2) is 66.7 Å². The van der Waals surface area contributed by atoms with E-state index in [1.807, 2.05) is 31.4 Å². The van der Waals surface area contributed by atoms with Gasteiger partial charge in [0.05, 0.1) is 33.5 Å². The Morgan fingerprint density at radius 1 is 1.24 bits per heavy atom. The number of hydrogen-bond donors (Lipinski definition) is 2. The molecule has 0 aliphatic carbocycles. The molecule has 1 aromatic carbocycles. The van der Waals surface area contributed by atoms with Crippen LogP contribution in [-0.4, -0.2) is 35.6 Å². The average molecular weight is 496 g/mol. The van der Waals surface area contributed by atoms with Crippen molar-refractivity contribution in [3.05, 3.63) is 77.8 Å². The number of carbonyl (C=O) groups excluding carboxylic acids is 1. The van der Waals surface area contributed by atoms with Crippen molar-refractivity contribution in [1.82, 2.24) is 19.5 Å². The van der Waals surface area contributed by atoms with Crippen LogP contribution in [0.4, 0.5) is 5.69 Å². The molecule has 0 saturated carbocycles. The van der Waals surface area contributed by atoms with Gasteiger partial charge in [-0.15, -0.1) is 17.9 Å². The fourth-order valence-corrected chi connectivity index (χ4v) is 5.26. The van der Waals surface area contributed by atoms with Gasteiger partial charge in [0, 0.05) is 18.3 Å². The van der Waals surface area contributed by atoms with Crippen LogP contribution in [0.3, 0.4) is 0 Å². The second-order valence-corrected chi connectivity index (χ2v) is 10.8. The third-order valence-electron chi connectivity index (χ3n) is 5.09. The highest BCUT2D eigenvalue weighted by Crippen LogP contribution is 2.29. The number of amides is 1. The molecule has 0 aliphatic heterocycles. The maximum atomic E-state index is 13.3. The third kappa shape index (κ3) is 5.24. The van der Waals surface area contributed by atoms with Crippen LogP contribution in [0.25, 0.3) is 21.6 Å². The quantitative estimate of drug-likeness (QED) is 0.330. The minimum absolute atomic E-state index is 0.0873. The van der Waals surface area contributed by atoms with Crippen LogP contribution in [0.1, 0.15) is 35.8 Å². The molecule has 0 unspecified atom stereocenters. The Morgan fingerprint density at radius 3 is 2.65 bits per heavy atom. The monoisotopic (exact) mass is 495 g/mol. The SMILES string of the molecule is C=CCNS(=O)(=O)Cc1ccc(NC(=O)c2cc(-c3cccs3)nc3c2cnn3C(C)C)cc1. The Kier molecular flexibility index (Phi) is 6.92. The molecule has 0 aliphatic rings. The summed E-state index contributed by atoms with van der Waals surface area (Å²) in [6.45, 7) is 7.71. The summed E-state index contributed by atoms with van der Waals surface area (Å²) in [6, 6.07) is 12.5. The van der Waals surface area contributed by atoms with Gasteiger partial charge >= 0.3 is 0 Å². The van der Waals surface area contributed by atoms with Crippen molar-refractivity contribution in [2.75, 3.05) is 11.9 Å². The third-order valence-corrected chi connectivity index (χ3v) is 7.30. The number of aromatic nitrogens is 3. The minimum atomic E-state index is -3.45. The molecule has 34 heavy (non-hydrogen) atoms.